The summed E-state index contributed by atoms with van der Waals surface area (Å²) in [7, 11) is 0. The molecule has 0 amide bonds. The highest BCUT2D eigenvalue weighted by Crippen LogP contribution is 1.96. The topological polar surface area (TPSA) is 12.0 Å². The Morgan fingerprint density at radius 2 is 2.56 bits per heavy atom. The van der Waals surface area contributed by atoms with Gasteiger partial charge in [-0.3, -0.25) is 0 Å². The fourth-order valence-corrected chi connectivity index (χ4v) is 0.769. The summed E-state index contributed by atoms with van der Waals surface area (Å²) in [6.07, 6.45) is 10.3. The van der Waals surface area contributed by atoms with Gasteiger partial charge in [-0.25, -0.2) is 0 Å². The lowest BCUT2D eigenvalue weighted by molar-refractivity contribution is 0.921. The molecule has 0 aromatic heterocycles. The molecule has 0 atom stereocenters. The maximum Gasteiger partial charge on any atom is 0.0339 e. The van der Waals surface area contributed by atoms with Crippen LogP contribution in [-0.4, -0.2) is 6.54 Å². The summed E-state index contributed by atoms with van der Waals surface area (Å²) in [4.78, 5) is 0. The van der Waals surface area contributed by atoms with E-state index in [-0.39, 0.29) is 0 Å². The van der Waals surface area contributed by atoms with E-state index in [0.717, 1.165) is 6.54 Å². The third kappa shape index (κ3) is 1.76. The fourth-order valence-electron chi connectivity index (χ4n) is 0.769. The van der Waals surface area contributed by atoms with Gasteiger partial charge in [0.1, 0.15) is 0 Å². The van der Waals surface area contributed by atoms with Gasteiger partial charge in [0.15, 0.2) is 0 Å². The van der Waals surface area contributed by atoms with Gasteiger partial charge in [0.25, 0.3) is 0 Å². The Balaban J connectivity index is 2.57. The van der Waals surface area contributed by atoms with Gasteiger partial charge in [0.2, 0.25) is 0 Å². The molecule has 0 aromatic carbocycles. The Bertz CT molecular complexity index is 163. The van der Waals surface area contributed by atoms with Crippen LogP contribution in [-0.2, 0) is 0 Å². The lowest BCUT2D eigenvalue weighted by atomic mass is 10.3. The van der Waals surface area contributed by atoms with Gasteiger partial charge in [-0.15, -0.1) is 0 Å². The van der Waals surface area contributed by atoms with Crippen molar-refractivity contribution in [2.75, 3.05) is 6.54 Å². The van der Waals surface area contributed by atoms with E-state index in [4.69, 9.17) is 0 Å². The van der Waals surface area contributed by atoms with E-state index >= 15 is 0 Å². The molecule has 1 heteroatoms. The first-order chi connectivity index (χ1) is 4.43. The third-order valence-electron chi connectivity index (χ3n) is 1.18. The summed E-state index contributed by atoms with van der Waals surface area (Å²) in [6.45, 7) is 2.97. The van der Waals surface area contributed by atoms with E-state index in [9.17, 15) is 0 Å². The zero-order valence-corrected chi connectivity index (χ0v) is 5.59. The van der Waals surface area contributed by atoms with E-state index in [1.54, 1.807) is 0 Å². The average Bonchev–Trinajstić information content (AvgIpc) is 1.91. The molecule has 0 aliphatic carbocycles. The van der Waals surface area contributed by atoms with Crippen LogP contribution in [0.2, 0.25) is 0 Å². The molecule has 1 heterocycles. The molecular weight excluding hydrogens is 110 g/mol. The van der Waals surface area contributed by atoms with Crippen molar-refractivity contribution in [3.8, 4) is 0 Å². The van der Waals surface area contributed by atoms with Crippen molar-refractivity contribution in [3.63, 3.8) is 0 Å². The first-order valence-corrected chi connectivity index (χ1v) is 3.17. The van der Waals surface area contributed by atoms with Gasteiger partial charge in [0, 0.05) is 12.2 Å². The van der Waals surface area contributed by atoms with Crippen molar-refractivity contribution in [1.29, 1.82) is 0 Å². The number of dihydropyridines is 1. The second kappa shape index (κ2) is 3.13. The van der Waals surface area contributed by atoms with Crippen LogP contribution in [0, 0.1) is 0 Å². The molecule has 48 valence electrons. The highest BCUT2D eigenvalue weighted by molar-refractivity contribution is 5.25. The van der Waals surface area contributed by atoms with Crippen molar-refractivity contribution < 1.29 is 0 Å². The van der Waals surface area contributed by atoms with Gasteiger partial charge in [-0.05, 0) is 19.1 Å². The molecule has 1 aliphatic heterocycles. The summed E-state index contributed by atoms with van der Waals surface area (Å²) in [5.74, 6) is 0. The minimum absolute atomic E-state index is 0.955. The smallest absolute Gasteiger partial charge is 0.0339 e. The number of rotatable bonds is 1. The van der Waals surface area contributed by atoms with Gasteiger partial charge < -0.3 is 5.32 Å². The summed E-state index contributed by atoms with van der Waals surface area (Å²) in [6, 6.07) is 0. The first kappa shape index (κ1) is 6.14. The quantitative estimate of drug-likeness (QED) is 0.555. The van der Waals surface area contributed by atoms with Crippen LogP contribution in [0.15, 0.2) is 36.1 Å². The molecule has 0 aromatic rings. The molecule has 0 spiro atoms. The van der Waals surface area contributed by atoms with Crippen LogP contribution in [0.4, 0.5) is 0 Å². The van der Waals surface area contributed by atoms with Crippen LogP contribution in [0.1, 0.15) is 6.92 Å². The summed E-state index contributed by atoms with van der Waals surface area (Å²) in [5.41, 5.74) is 1.19. The van der Waals surface area contributed by atoms with Gasteiger partial charge >= 0.3 is 0 Å². The molecule has 1 nitrogen and oxygen atoms in total. The number of nitrogens with one attached hydrogen (secondary N) is 1. The van der Waals surface area contributed by atoms with Gasteiger partial charge in [-0.2, -0.15) is 0 Å². The van der Waals surface area contributed by atoms with Crippen LogP contribution >= 0.6 is 0 Å². The molecule has 0 saturated heterocycles. The van der Waals surface area contributed by atoms with E-state index in [1.165, 1.54) is 5.70 Å². The Morgan fingerprint density at radius 3 is 3.11 bits per heavy atom. The Hall–Kier alpha value is -0.980. The molecule has 0 radical (unpaired) electrons. The van der Waals surface area contributed by atoms with Crippen LogP contribution in [0.5, 0.6) is 0 Å². The van der Waals surface area contributed by atoms with Gasteiger partial charge in [0.05, 0.1) is 0 Å². The Morgan fingerprint density at radius 1 is 1.67 bits per heavy atom. The van der Waals surface area contributed by atoms with Crippen molar-refractivity contribution in [2.45, 2.75) is 6.92 Å². The highest BCUT2D eigenvalue weighted by Gasteiger charge is 1.89. The molecule has 1 N–H and O–H groups in total. The summed E-state index contributed by atoms with van der Waals surface area (Å²) >= 11 is 0. The van der Waals surface area contributed by atoms with Crippen molar-refractivity contribution in [2.24, 2.45) is 0 Å². The highest BCUT2D eigenvalue weighted by atomic mass is 14.9. The average molecular weight is 121 g/mol. The predicted molar refractivity (Wildman–Crippen MR) is 40.0 cm³/mol. The predicted octanol–water partition coefficient (Wildman–Crippen LogP) is 1.61. The normalized spacial score (nSPS) is 17.7. The SMILES string of the molecule is C/C=C\C1=CC=CCN1. The second-order valence-corrected chi connectivity index (χ2v) is 1.93. The van der Waals surface area contributed by atoms with Gasteiger partial charge in [-0.1, -0.05) is 18.2 Å². The van der Waals surface area contributed by atoms with E-state index in [0.29, 0.717) is 0 Å². The lowest BCUT2D eigenvalue weighted by Gasteiger charge is -2.05. The zero-order chi connectivity index (χ0) is 6.53. The Kier molecular flexibility index (Phi) is 2.13. The Labute approximate surface area is 55.8 Å². The van der Waals surface area contributed by atoms with Crippen molar-refractivity contribution in [1.82, 2.24) is 5.32 Å². The second-order valence-electron chi connectivity index (χ2n) is 1.93. The number of hydrogen-bond donors (Lipinski definition) is 1. The molecule has 1 rings (SSSR count). The summed E-state index contributed by atoms with van der Waals surface area (Å²) < 4.78 is 0. The van der Waals surface area contributed by atoms with E-state index in [1.807, 2.05) is 13.0 Å². The third-order valence-corrected chi connectivity index (χ3v) is 1.18. The van der Waals surface area contributed by atoms with Crippen LogP contribution in [0.3, 0.4) is 0 Å². The summed E-state index contributed by atoms with van der Waals surface area (Å²) in [5, 5.41) is 3.21. The fraction of sp³-hybridized carbons (Fsp3) is 0.250. The lowest BCUT2D eigenvalue weighted by Crippen LogP contribution is -2.13. The molecular formula is C8H11N. The molecule has 0 saturated carbocycles. The number of allylic oxidation sites excluding steroid dienone is 4. The zero-order valence-electron chi connectivity index (χ0n) is 5.59. The minimum atomic E-state index is 0.955. The maximum absolute atomic E-state index is 3.21. The van der Waals surface area contributed by atoms with Crippen molar-refractivity contribution >= 4 is 0 Å². The monoisotopic (exact) mass is 121 g/mol. The van der Waals surface area contributed by atoms with Crippen LogP contribution in [0.25, 0.3) is 0 Å². The minimum Gasteiger partial charge on any atom is -0.382 e. The van der Waals surface area contributed by atoms with Crippen molar-refractivity contribution in [3.05, 3.63) is 36.1 Å². The molecule has 1 aliphatic rings. The first-order valence-electron chi connectivity index (χ1n) is 3.17. The molecule has 0 fully saturated rings. The van der Waals surface area contributed by atoms with Crippen LogP contribution < -0.4 is 5.32 Å². The molecule has 9 heavy (non-hydrogen) atoms. The standard InChI is InChI=1S/C8H11N/c1-2-5-8-6-3-4-7-9-8/h2-6,9H,7H2,1H3/b5-2-. The van der Waals surface area contributed by atoms with E-state index < -0.39 is 0 Å². The largest absolute Gasteiger partial charge is 0.382 e. The molecule has 0 unspecified atom stereocenters. The molecule has 0 bridgehead atoms. The maximum atomic E-state index is 3.21. The van der Waals surface area contributed by atoms with E-state index in [2.05, 4.69) is 29.6 Å². The number of hydrogen-bond acceptors (Lipinski definition) is 1.